The number of benzene rings is 1. The first kappa shape index (κ1) is 12.3. The summed E-state index contributed by atoms with van der Waals surface area (Å²) in [7, 11) is 0. The molecule has 0 aliphatic carbocycles. The Kier molecular flexibility index (Phi) is 3.63. The van der Waals surface area contributed by atoms with E-state index in [1.54, 1.807) is 18.2 Å². The predicted molar refractivity (Wildman–Crippen MR) is 65.0 cm³/mol. The van der Waals surface area contributed by atoms with E-state index >= 15 is 0 Å². The number of halogens is 2. The van der Waals surface area contributed by atoms with Crippen molar-refractivity contribution in [2.45, 2.75) is 26.3 Å². The molecule has 0 aromatic heterocycles. The Balaban J connectivity index is 3.04. The number of rotatable bonds is 1. The van der Waals surface area contributed by atoms with E-state index in [4.69, 9.17) is 23.2 Å². The zero-order valence-electron chi connectivity index (χ0n) is 8.92. The average molecular weight is 246 g/mol. The highest BCUT2D eigenvalue weighted by Crippen LogP contribution is 2.22. The van der Waals surface area contributed by atoms with E-state index in [9.17, 15) is 5.21 Å². The van der Waals surface area contributed by atoms with Crippen molar-refractivity contribution in [2.75, 3.05) is 0 Å². The SMILES string of the molecule is CC(C)(C)/[N+]([O-])=C/c1ccc(Cl)c(Cl)c1. The smallest absolute Gasteiger partial charge is 0.182 e. The van der Waals surface area contributed by atoms with Gasteiger partial charge in [0, 0.05) is 26.3 Å². The van der Waals surface area contributed by atoms with Gasteiger partial charge in [-0.15, -0.1) is 0 Å². The molecule has 1 aromatic rings. The van der Waals surface area contributed by atoms with E-state index in [0.717, 1.165) is 10.3 Å². The molecule has 0 spiro atoms. The third-order valence-corrected chi connectivity index (χ3v) is 2.61. The zero-order valence-corrected chi connectivity index (χ0v) is 10.4. The highest BCUT2D eigenvalue weighted by atomic mass is 35.5. The second-order valence-corrected chi connectivity index (χ2v) is 5.11. The summed E-state index contributed by atoms with van der Waals surface area (Å²) in [5.74, 6) is 0. The molecule has 0 N–H and O–H groups in total. The fourth-order valence-corrected chi connectivity index (χ4v) is 1.23. The monoisotopic (exact) mass is 245 g/mol. The van der Waals surface area contributed by atoms with Crippen LogP contribution in [0.3, 0.4) is 0 Å². The van der Waals surface area contributed by atoms with Crippen LogP contribution in [0.2, 0.25) is 10.0 Å². The largest absolute Gasteiger partial charge is 0.623 e. The van der Waals surface area contributed by atoms with Gasteiger partial charge in [-0.1, -0.05) is 23.2 Å². The lowest BCUT2D eigenvalue weighted by atomic mass is 10.1. The molecule has 15 heavy (non-hydrogen) atoms. The van der Waals surface area contributed by atoms with Gasteiger partial charge in [0.1, 0.15) is 0 Å². The minimum absolute atomic E-state index is 0.452. The summed E-state index contributed by atoms with van der Waals surface area (Å²) in [5, 5.41) is 12.6. The predicted octanol–water partition coefficient (Wildman–Crippen LogP) is 3.72. The lowest BCUT2D eigenvalue weighted by Gasteiger charge is -2.18. The number of nitrogens with zero attached hydrogens (tertiary/aromatic N) is 1. The van der Waals surface area contributed by atoms with Crippen LogP contribution >= 0.6 is 23.2 Å². The second-order valence-electron chi connectivity index (χ2n) is 4.30. The number of hydrogen-bond donors (Lipinski definition) is 0. The van der Waals surface area contributed by atoms with Gasteiger partial charge in [-0.2, -0.15) is 0 Å². The maximum absolute atomic E-state index is 11.6. The molecular weight excluding hydrogens is 233 g/mol. The first-order chi connectivity index (χ1) is 6.80. The summed E-state index contributed by atoms with van der Waals surface area (Å²) >= 11 is 11.6. The summed E-state index contributed by atoms with van der Waals surface area (Å²) in [6, 6.07) is 5.09. The molecule has 0 fully saturated rings. The Labute approximate surface area is 99.7 Å². The highest BCUT2D eigenvalue weighted by Gasteiger charge is 2.18. The molecule has 82 valence electrons. The molecule has 0 aliphatic rings. The molecule has 0 aliphatic heterocycles. The second kappa shape index (κ2) is 4.42. The minimum atomic E-state index is -0.452. The van der Waals surface area contributed by atoms with Crippen molar-refractivity contribution in [1.29, 1.82) is 0 Å². The standard InChI is InChI=1S/C11H13Cl2NO/c1-11(2,3)14(15)7-8-4-5-9(12)10(13)6-8/h4-7H,1-3H3/b14-7-. The van der Waals surface area contributed by atoms with Gasteiger partial charge in [-0.05, 0) is 18.2 Å². The van der Waals surface area contributed by atoms with Gasteiger partial charge in [0.2, 0.25) is 0 Å². The van der Waals surface area contributed by atoms with Gasteiger partial charge >= 0.3 is 0 Å². The lowest BCUT2D eigenvalue weighted by Crippen LogP contribution is -2.29. The van der Waals surface area contributed by atoms with Crippen molar-refractivity contribution in [3.63, 3.8) is 0 Å². The fraction of sp³-hybridized carbons (Fsp3) is 0.364. The Morgan fingerprint density at radius 1 is 1.20 bits per heavy atom. The Bertz CT molecular complexity index is 394. The zero-order chi connectivity index (χ0) is 11.6. The van der Waals surface area contributed by atoms with Crippen LogP contribution in [0.15, 0.2) is 18.2 Å². The van der Waals surface area contributed by atoms with Crippen LogP contribution < -0.4 is 0 Å². The maximum atomic E-state index is 11.6. The first-order valence-corrected chi connectivity index (χ1v) is 5.32. The molecule has 2 nitrogen and oxygen atoms in total. The van der Waals surface area contributed by atoms with Gasteiger partial charge in [0.15, 0.2) is 11.8 Å². The molecule has 0 unspecified atom stereocenters. The van der Waals surface area contributed by atoms with Crippen molar-refractivity contribution in [2.24, 2.45) is 0 Å². The molecule has 0 saturated heterocycles. The molecule has 4 heteroatoms. The summed E-state index contributed by atoms with van der Waals surface area (Å²) < 4.78 is 0.895. The Hall–Kier alpha value is -0.730. The minimum Gasteiger partial charge on any atom is -0.623 e. The molecule has 1 rings (SSSR count). The number of hydrogen-bond acceptors (Lipinski definition) is 1. The van der Waals surface area contributed by atoms with Crippen LogP contribution in [-0.4, -0.2) is 16.5 Å². The van der Waals surface area contributed by atoms with Gasteiger partial charge in [-0.25, -0.2) is 4.74 Å². The summed E-state index contributed by atoms with van der Waals surface area (Å²) in [5.41, 5.74) is 0.292. The van der Waals surface area contributed by atoms with E-state index in [0.29, 0.717) is 10.0 Å². The molecule has 0 heterocycles. The van der Waals surface area contributed by atoms with Crippen LogP contribution in [0, 0.1) is 5.21 Å². The van der Waals surface area contributed by atoms with Gasteiger partial charge in [-0.3, -0.25) is 0 Å². The van der Waals surface area contributed by atoms with Gasteiger partial charge in [0.25, 0.3) is 0 Å². The molecule has 0 bridgehead atoms. The number of hydroxylamine groups is 1. The molecule has 1 aromatic carbocycles. The van der Waals surface area contributed by atoms with Crippen LogP contribution in [0.5, 0.6) is 0 Å². The van der Waals surface area contributed by atoms with E-state index in [1.807, 2.05) is 20.8 Å². The fourth-order valence-electron chi connectivity index (χ4n) is 0.922. The maximum Gasteiger partial charge on any atom is 0.182 e. The van der Waals surface area contributed by atoms with Crippen molar-refractivity contribution in [3.05, 3.63) is 39.0 Å². The Morgan fingerprint density at radius 2 is 1.80 bits per heavy atom. The van der Waals surface area contributed by atoms with Crippen LogP contribution in [-0.2, 0) is 0 Å². The van der Waals surface area contributed by atoms with Crippen LogP contribution in [0.1, 0.15) is 26.3 Å². The van der Waals surface area contributed by atoms with E-state index < -0.39 is 5.54 Å². The molecule has 0 atom stereocenters. The highest BCUT2D eigenvalue weighted by molar-refractivity contribution is 6.42. The van der Waals surface area contributed by atoms with E-state index in [2.05, 4.69) is 0 Å². The van der Waals surface area contributed by atoms with Crippen molar-refractivity contribution in [1.82, 2.24) is 0 Å². The third kappa shape index (κ3) is 3.40. The summed E-state index contributed by atoms with van der Waals surface area (Å²) in [6.07, 6.45) is 1.50. The molecule has 0 amide bonds. The van der Waals surface area contributed by atoms with Crippen LogP contribution in [0.4, 0.5) is 0 Å². The first-order valence-electron chi connectivity index (χ1n) is 4.57. The normalized spacial score (nSPS) is 13.0. The van der Waals surface area contributed by atoms with Crippen molar-refractivity contribution < 1.29 is 4.74 Å². The summed E-state index contributed by atoms with van der Waals surface area (Å²) in [4.78, 5) is 0. The molecular formula is C11H13Cl2NO. The van der Waals surface area contributed by atoms with Crippen LogP contribution in [0.25, 0.3) is 0 Å². The quantitative estimate of drug-likeness (QED) is 0.321. The third-order valence-electron chi connectivity index (χ3n) is 1.87. The molecule has 0 radical (unpaired) electrons. The van der Waals surface area contributed by atoms with Crippen molar-refractivity contribution in [3.8, 4) is 0 Å². The summed E-state index contributed by atoms with van der Waals surface area (Å²) in [6.45, 7) is 5.52. The molecule has 0 saturated carbocycles. The van der Waals surface area contributed by atoms with E-state index in [-0.39, 0.29) is 0 Å². The Morgan fingerprint density at radius 3 is 2.27 bits per heavy atom. The lowest BCUT2D eigenvalue weighted by molar-refractivity contribution is -0.530. The topological polar surface area (TPSA) is 26.1 Å². The van der Waals surface area contributed by atoms with Gasteiger partial charge < -0.3 is 5.21 Å². The average Bonchev–Trinajstić information content (AvgIpc) is 2.10. The van der Waals surface area contributed by atoms with Crippen molar-refractivity contribution >= 4 is 29.4 Å². The van der Waals surface area contributed by atoms with E-state index in [1.165, 1.54) is 6.21 Å². The van der Waals surface area contributed by atoms with Gasteiger partial charge in [0.05, 0.1) is 10.0 Å².